The quantitative estimate of drug-likeness (QED) is 0.734. The highest BCUT2D eigenvalue weighted by atomic mass is 32.2. The molecule has 8 nitrogen and oxygen atoms in total. The van der Waals surface area contributed by atoms with Crippen LogP contribution in [0.3, 0.4) is 0 Å². The molecule has 0 radical (unpaired) electrons. The van der Waals surface area contributed by atoms with Gasteiger partial charge >= 0.3 is 5.97 Å². The number of para-hydroxylation sites is 1. The molecule has 162 valence electrons. The van der Waals surface area contributed by atoms with E-state index in [4.69, 9.17) is 4.74 Å². The van der Waals surface area contributed by atoms with Crippen LogP contribution in [0.15, 0.2) is 53.4 Å². The third kappa shape index (κ3) is 3.28. The molecule has 9 heteroatoms. The van der Waals surface area contributed by atoms with Gasteiger partial charge in [0.15, 0.2) is 0 Å². The second-order valence-electron chi connectivity index (χ2n) is 8.15. The number of carbonyl (C=O) groups is 2. The van der Waals surface area contributed by atoms with Gasteiger partial charge in [0.05, 0.1) is 34.6 Å². The molecule has 2 fully saturated rings. The number of carboxylic acids is 1. The first kappa shape index (κ1) is 20.0. The molecule has 2 aromatic rings. The van der Waals surface area contributed by atoms with Crippen LogP contribution in [0.2, 0.25) is 0 Å². The van der Waals surface area contributed by atoms with Crippen LogP contribution in [0.1, 0.15) is 18.4 Å². The van der Waals surface area contributed by atoms with Crippen molar-refractivity contribution < 1.29 is 27.9 Å². The predicted octanol–water partition coefficient (Wildman–Crippen LogP) is 2.25. The Bertz CT molecular complexity index is 1150. The Morgan fingerprint density at radius 2 is 1.68 bits per heavy atom. The first-order chi connectivity index (χ1) is 14.9. The molecule has 3 heterocycles. The SMILES string of the molecule is O=C(O)[C@H]1[C@H](C(=O)Nc2ccc(S(=O)(=O)N3CCc4ccccc43)cc2)[C@H]2CC[C@H]1O2. The molecule has 2 N–H and O–H groups in total. The van der Waals surface area contributed by atoms with Gasteiger partial charge in [-0.05, 0) is 55.2 Å². The fraction of sp³-hybridized carbons (Fsp3) is 0.364. The number of benzene rings is 2. The lowest BCUT2D eigenvalue weighted by Crippen LogP contribution is -2.40. The van der Waals surface area contributed by atoms with E-state index in [9.17, 15) is 23.1 Å². The van der Waals surface area contributed by atoms with Crippen LogP contribution in [0.4, 0.5) is 11.4 Å². The number of sulfonamides is 1. The highest BCUT2D eigenvalue weighted by Gasteiger charge is 2.55. The molecular formula is C22H22N2O6S. The summed E-state index contributed by atoms with van der Waals surface area (Å²) in [5.74, 6) is -3.04. The van der Waals surface area contributed by atoms with E-state index in [2.05, 4.69) is 5.32 Å². The summed E-state index contributed by atoms with van der Waals surface area (Å²) in [6.07, 6.45) is 1.17. The van der Waals surface area contributed by atoms with E-state index in [0.717, 1.165) is 5.56 Å². The summed E-state index contributed by atoms with van der Waals surface area (Å²) in [5.41, 5.74) is 2.10. The van der Waals surface area contributed by atoms with E-state index >= 15 is 0 Å². The molecule has 2 saturated heterocycles. The van der Waals surface area contributed by atoms with Crippen molar-refractivity contribution in [1.29, 1.82) is 0 Å². The summed E-state index contributed by atoms with van der Waals surface area (Å²) in [7, 11) is -3.72. The topological polar surface area (TPSA) is 113 Å². The summed E-state index contributed by atoms with van der Waals surface area (Å²) in [6, 6.07) is 13.4. The molecule has 0 spiro atoms. The number of aliphatic carboxylic acids is 1. The molecule has 0 unspecified atom stereocenters. The number of fused-ring (bicyclic) bond motifs is 3. The maximum atomic E-state index is 13.1. The summed E-state index contributed by atoms with van der Waals surface area (Å²) >= 11 is 0. The zero-order chi connectivity index (χ0) is 21.8. The molecule has 3 aliphatic rings. The van der Waals surface area contributed by atoms with Gasteiger partial charge in [-0.25, -0.2) is 8.42 Å². The van der Waals surface area contributed by atoms with E-state index < -0.39 is 39.8 Å². The van der Waals surface area contributed by atoms with Crippen LogP contribution in [-0.4, -0.2) is 44.2 Å². The molecule has 0 aliphatic carbocycles. The van der Waals surface area contributed by atoms with Crippen LogP contribution in [-0.2, 0) is 30.8 Å². The fourth-order valence-electron chi connectivity index (χ4n) is 4.95. The summed E-state index contributed by atoms with van der Waals surface area (Å²) in [6.45, 7) is 0.390. The van der Waals surface area contributed by atoms with Crippen molar-refractivity contribution in [3.05, 3.63) is 54.1 Å². The van der Waals surface area contributed by atoms with Gasteiger partial charge in [-0.1, -0.05) is 18.2 Å². The molecule has 4 atom stereocenters. The van der Waals surface area contributed by atoms with Gasteiger partial charge in [-0.15, -0.1) is 0 Å². The molecule has 3 aliphatic heterocycles. The second kappa shape index (κ2) is 7.35. The molecule has 2 aromatic carbocycles. The van der Waals surface area contributed by atoms with Gasteiger partial charge in [-0.2, -0.15) is 0 Å². The van der Waals surface area contributed by atoms with Crippen molar-refractivity contribution in [2.45, 2.75) is 36.4 Å². The van der Waals surface area contributed by atoms with Crippen molar-refractivity contribution in [3.8, 4) is 0 Å². The summed E-state index contributed by atoms with van der Waals surface area (Å²) in [4.78, 5) is 24.5. The number of nitrogens with one attached hydrogen (secondary N) is 1. The lowest BCUT2D eigenvalue weighted by atomic mass is 9.78. The molecule has 2 bridgehead atoms. The van der Waals surface area contributed by atoms with Crippen LogP contribution in [0, 0.1) is 11.8 Å². The Labute approximate surface area is 179 Å². The Morgan fingerprint density at radius 1 is 1.00 bits per heavy atom. The number of carboxylic acid groups (broad SMARTS) is 1. The maximum absolute atomic E-state index is 13.1. The van der Waals surface area contributed by atoms with Crippen molar-refractivity contribution in [1.82, 2.24) is 0 Å². The zero-order valence-corrected chi connectivity index (χ0v) is 17.4. The molecule has 31 heavy (non-hydrogen) atoms. The Kier molecular flexibility index (Phi) is 4.75. The first-order valence-electron chi connectivity index (χ1n) is 10.3. The van der Waals surface area contributed by atoms with Crippen molar-refractivity contribution >= 4 is 33.3 Å². The average molecular weight is 442 g/mol. The van der Waals surface area contributed by atoms with E-state index in [1.165, 1.54) is 28.6 Å². The van der Waals surface area contributed by atoms with E-state index in [1.54, 1.807) is 6.07 Å². The van der Waals surface area contributed by atoms with Gasteiger partial charge in [0.1, 0.15) is 0 Å². The largest absolute Gasteiger partial charge is 0.481 e. The molecular weight excluding hydrogens is 420 g/mol. The smallest absolute Gasteiger partial charge is 0.310 e. The number of ether oxygens (including phenoxy) is 1. The minimum atomic E-state index is -3.72. The van der Waals surface area contributed by atoms with Gasteiger partial charge in [-0.3, -0.25) is 13.9 Å². The zero-order valence-electron chi connectivity index (χ0n) is 16.6. The van der Waals surface area contributed by atoms with Crippen LogP contribution >= 0.6 is 0 Å². The molecule has 5 rings (SSSR count). The number of hydrogen-bond donors (Lipinski definition) is 2. The first-order valence-corrected chi connectivity index (χ1v) is 11.7. The standard InChI is InChI=1S/C22H22N2O6S/c25-21(19-17-9-10-18(30-17)20(19)22(26)27)23-14-5-7-15(8-6-14)31(28,29)24-12-11-13-3-1-2-4-16(13)24/h1-8,17-20H,9-12H2,(H,23,25)(H,26,27)/t17-,18-,19-,20-/m1/s1. The third-order valence-electron chi connectivity index (χ3n) is 6.42. The van der Waals surface area contributed by atoms with Crippen molar-refractivity contribution in [2.24, 2.45) is 11.8 Å². The normalized spacial score (nSPS) is 26.6. The Balaban J connectivity index is 1.33. The number of amides is 1. The third-order valence-corrected chi connectivity index (χ3v) is 8.24. The molecule has 1 amide bonds. The van der Waals surface area contributed by atoms with E-state index in [0.29, 0.717) is 37.2 Å². The Morgan fingerprint density at radius 3 is 2.39 bits per heavy atom. The van der Waals surface area contributed by atoms with Crippen molar-refractivity contribution in [3.63, 3.8) is 0 Å². The van der Waals surface area contributed by atoms with E-state index in [-0.39, 0.29) is 11.0 Å². The summed E-state index contributed by atoms with van der Waals surface area (Å²) in [5, 5.41) is 12.2. The van der Waals surface area contributed by atoms with Gasteiger partial charge < -0.3 is 15.2 Å². The second-order valence-corrected chi connectivity index (χ2v) is 10.0. The Hall–Kier alpha value is -2.91. The van der Waals surface area contributed by atoms with Gasteiger partial charge in [0.25, 0.3) is 10.0 Å². The van der Waals surface area contributed by atoms with E-state index in [1.807, 2.05) is 18.2 Å². The number of rotatable bonds is 5. The van der Waals surface area contributed by atoms with Crippen molar-refractivity contribution in [2.75, 3.05) is 16.2 Å². The number of hydrogen-bond acceptors (Lipinski definition) is 5. The fourth-order valence-corrected chi connectivity index (χ4v) is 6.45. The van der Waals surface area contributed by atoms with Crippen LogP contribution < -0.4 is 9.62 Å². The average Bonchev–Trinajstić information content (AvgIpc) is 3.48. The number of anilines is 2. The molecule has 0 saturated carbocycles. The summed E-state index contributed by atoms with van der Waals surface area (Å²) < 4.78 is 33.2. The van der Waals surface area contributed by atoms with Crippen LogP contribution in [0.25, 0.3) is 0 Å². The maximum Gasteiger partial charge on any atom is 0.310 e. The van der Waals surface area contributed by atoms with Gasteiger partial charge in [0, 0.05) is 12.2 Å². The predicted molar refractivity (Wildman–Crippen MR) is 112 cm³/mol. The lowest BCUT2D eigenvalue weighted by molar-refractivity contribution is -0.147. The highest BCUT2D eigenvalue weighted by Crippen LogP contribution is 2.44. The minimum Gasteiger partial charge on any atom is -0.481 e. The highest BCUT2D eigenvalue weighted by molar-refractivity contribution is 7.92. The number of nitrogens with zero attached hydrogens (tertiary/aromatic N) is 1. The molecule has 0 aromatic heterocycles. The monoisotopic (exact) mass is 442 g/mol. The number of carbonyl (C=O) groups excluding carboxylic acids is 1. The van der Waals surface area contributed by atoms with Crippen LogP contribution in [0.5, 0.6) is 0 Å². The van der Waals surface area contributed by atoms with Gasteiger partial charge in [0.2, 0.25) is 5.91 Å². The minimum absolute atomic E-state index is 0.133. The lowest BCUT2D eigenvalue weighted by Gasteiger charge is -2.24.